The van der Waals surface area contributed by atoms with Crippen molar-refractivity contribution >= 4 is 11.9 Å². The van der Waals surface area contributed by atoms with Gasteiger partial charge in [0, 0.05) is 12.6 Å². The summed E-state index contributed by atoms with van der Waals surface area (Å²) in [5.74, 6) is -0.319. The number of likely N-dealkylation sites (tertiary alicyclic amines) is 1. The number of hydrogen-bond acceptors (Lipinski definition) is 3. The molecule has 0 bridgehead atoms. The number of carbonyl (C=O) groups is 2. The summed E-state index contributed by atoms with van der Waals surface area (Å²) in [6, 6.07) is -0.396. The van der Waals surface area contributed by atoms with Gasteiger partial charge >= 0.3 is 5.97 Å². The van der Waals surface area contributed by atoms with E-state index in [9.17, 15) is 9.59 Å². The van der Waals surface area contributed by atoms with Crippen LogP contribution in [0.3, 0.4) is 0 Å². The summed E-state index contributed by atoms with van der Waals surface area (Å²) in [7, 11) is 0. The van der Waals surface area contributed by atoms with Gasteiger partial charge in [-0.2, -0.15) is 0 Å². The van der Waals surface area contributed by atoms with Crippen LogP contribution >= 0.6 is 0 Å². The minimum absolute atomic E-state index is 0.0521. The zero-order valence-corrected chi connectivity index (χ0v) is 12.3. The maximum absolute atomic E-state index is 12.2. The molecule has 1 aliphatic heterocycles. The summed E-state index contributed by atoms with van der Waals surface area (Å²) in [4.78, 5) is 25.8. The van der Waals surface area contributed by atoms with Gasteiger partial charge in [0.05, 0.1) is 6.61 Å². The normalized spacial score (nSPS) is 20.3. The first-order valence-corrected chi connectivity index (χ1v) is 7.24. The molecule has 0 N–H and O–H groups in total. The van der Waals surface area contributed by atoms with Crippen LogP contribution < -0.4 is 0 Å². The first kappa shape index (κ1) is 15.7. The Morgan fingerprint density at radius 2 is 2.05 bits per heavy atom. The Labute approximate surface area is 115 Å². The molecule has 1 amide bonds. The van der Waals surface area contributed by atoms with Gasteiger partial charge in [0.25, 0.3) is 0 Å². The molecular weight excluding hydrogens is 242 g/mol. The van der Waals surface area contributed by atoms with E-state index in [0.717, 1.165) is 31.3 Å². The molecule has 108 valence electrons. The van der Waals surface area contributed by atoms with E-state index < -0.39 is 6.04 Å². The van der Waals surface area contributed by atoms with Crippen LogP contribution in [0.1, 0.15) is 52.9 Å². The van der Waals surface area contributed by atoms with Crippen LogP contribution in [0.15, 0.2) is 11.6 Å². The number of carbonyl (C=O) groups excluding carboxylic acids is 2. The van der Waals surface area contributed by atoms with Gasteiger partial charge in [-0.25, -0.2) is 4.79 Å². The minimum Gasteiger partial charge on any atom is -0.464 e. The van der Waals surface area contributed by atoms with Crippen LogP contribution in [-0.2, 0) is 14.3 Å². The van der Waals surface area contributed by atoms with Crippen molar-refractivity contribution in [1.29, 1.82) is 0 Å². The highest BCUT2D eigenvalue weighted by molar-refractivity contribution is 5.92. The van der Waals surface area contributed by atoms with E-state index in [2.05, 4.69) is 6.92 Å². The summed E-state index contributed by atoms with van der Waals surface area (Å²) in [6.07, 6.45) is 6.26. The van der Waals surface area contributed by atoms with Crippen molar-refractivity contribution in [2.24, 2.45) is 0 Å². The zero-order chi connectivity index (χ0) is 14.3. The third kappa shape index (κ3) is 4.69. The average molecular weight is 267 g/mol. The molecule has 1 rings (SSSR count). The van der Waals surface area contributed by atoms with Crippen LogP contribution in [0, 0.1) is 0 Å². The molecule has 19 heavy (non-hydrogen) atoms. The standard InChI is InChI=1S/C15H25NO3/c1-4-8-12(3)11-14(17)16-10-7-6-9-13(16)15(18)19-5-2/h11,13H,4-10H2,1-3H3/b12-11+. The third-order valence-electron chi connectivity index (χ3n) is 3.36. The van der Waals surface area contributed by atoms with Crippen molar-refractivity contribution in [1.82, 2.24) is 4.90 Å². The fourth-order valence-corrected chi connectivity index (χ4v) is 2.44. The van der Waals surface area contributed by atoms with E-state index in [0.29, 0.717) is 19.6 Å². The number of amides is 1. The summed E-state index contributed by atoms with van der Waals surface area (Å²) < 4.78 is 5.06. The topological polar surface area (TPSA) is 46.6 Å². The average Bonchev–Trinajstić information content (AvgIpc) is 2.39. The van der Waals surface area contributed by atoms with Crippen molar-refractivity contribution in [2.75, 3.05) is 13.2 Å². The lowest BCUT2D eigenvalue weighted by Gasteiger charge is -2.33. The van der Waals surface area contributed by atoms with Crippen molar-refractivity contribution in [3.05, 3.63) is 11.6 Å². The SMILES string of the molecule is CCC/C(C)=C/C(=O)N1CCCCC1C(=O)OCC. The maximum Gasteiger partial charge on any atom is 0.328 e. The van der Waals surface area contributed by atoms with Gasteiger partial charge in [-0.3, -0.25) is 4.79 Å². The van der Waals surface area contributed by atoms with Crippen LogP contribution in [0.4, 0.5) is 0 Å². The monoisotopic (exact) mass is 267 g/mol. The van der Waals surface area contributed by atoms with Gasteiger partial charge in [-0.1, -0.05) is 18.9 Å². The van der Waals surface area contributed by atoms with E-state index >= 15 is 0 Å². The van der Waals surface area contributed by atoms with Crippen molar-refractivity contribution in [2.45, 2.75) is 58.9 Å². The molecular formula is C15H25NO3. The Kier molecular flexibility index (Phi) is 6.60. The molecule has 1 aliphatic rings. The summed E-state index contributed by atoms with van der Waals surface area (Å²) in [5, 5.41) is 0. The second-order valence-electron chi connectivity index (χ2n) is 5.04. The molecule has 1 atom stereocenters. The van der Waals surface area contributed by atoms with Gasteiger partial charge in [0.15, 0.2) is 0 Å². The number of esters is 1. The fourth-order valence-electron chi connectivity index (χ4n) is 2.44. The summed E-state index contributed by atoms with van der Waals surface area (Å²) >= 11 is 0. The van der Waals surface area contributed by atoms with Crippen molar-refractivity contribution in [3.63, 3.8) is 0 Å². The molecule has 0 aromatic carbocycles. The molecule has 1 unspecified atom stereocenters. The van der Waals surface area contributed by atoms with E-state index in [-0.39, 0.29) is 11.9 Å². The molecule has 1 fully saturated rings. The predicted octanol–water partition coefficient (Wildman–Crippen LogP) is 2.68. The lowest BCUT2D eigenvalue weighted by atomic mass is 10.0. The van der Waals surface area contributed by atoms with Crippen molar-refractivity contribution < 1.29 is 14.3 Å². The highest BCUT2D eigenvalue weighted by Crippen LogP contribution is 2.19. The number of allylic oxidation sites excluding steroid dienone is 1. The molecule has 0 aromatic heterocycles. The van der Waals surface area contributed by atoms with Crippen LogP contribution in [-0.4, -0.2) is 36.0 Å². The second kappa shape index (κ2) is 7.97. The number of piperidine rings is 1. The van der Waals surface area contributed by atoms with E-state index in [1.807, 2.05) is 6.92 Å². The first-order chi connectivity index (χ1) is 9.10. The molecule has 1 heterocycles. The number of nitrogens with zero attached hydrogens (tertiary/aromatic N) is 1. The molecule has 4 nitrogen and oxygen atoms in total. The van der Waals surface area contributed by atoms with Gasteiger partial charge in [-0.15, -0.1) is 0 Å². The molecule has 0 spiro atoms. The Balaban J connectivity index is 2.73. The zero-order valence-electron chi connectivity index (χ0n) is 12.3. The molecule has 0 aliphatic carbocycles. The van der Waals surface area contributed by atoms with E-state index in [4.69, 9.17) is 4.74 Å². The lowest BCUT2D eigenvalue weighted by Crippen LogP contribution is -2.48. The fraction of sp³-hybridized carbons (Fsp3) is 0.733. The Bertz CT molecular complexity index is 349. The van der Waals surface area contributed by atoms with Crippen LogP contribution in [0.2, 0.25) is 0 Å². The third-order valence-corrected chi connectivity index (χ3v) is 3.36. The number of rotatable bonds is 5. The number of ether oxygens (including phenoxy) is 1. The van der Waals surface area contributed by atoms with Gasteiger partial charge in [0.2, 0.25) is 5.91 Å². The Morgan fingerprint density at radius 1 is 1.32 bits per heavy atom. The summed E-state index contributed by atoms with van der Waals surface area (Å²) in [5.41, 5.74) is 1.07. The largest absolute Gasteiger partial charge is 0.464 e. The molecule has 0 radical (unpaired) electrons. The minimum atomic E-state index is -0.396. The van der Waals surface area contributed by atoms with Crippen LogP contribution in [0.25, 0.3) is 0 Å². The van der Waals surface area contributed by atoms with Gasteiger partial charge < -0.3 is 9.64 Å². The second-order valence-corrected chi connectivity index (χ2v) is 5.04. The van der Waals surface area contributed by atoms with Crippen LogP contribution in [0.5, 0.6) is 0 Å². The van der Waals surface area contributed by atoms with E-state index in [1.54, 1.807) is 17.9 Å². The van der Waals surface area contributed by atoms with Crippen molar-refractivity contribution in [3.8, 4) is 0 Å². The quantitative estimate of drug-likeness (QED) is 0.568. The smallest absolute Gasteiger partial charge is 0.328 e. The van der Waals surface area contributed by atoms with E-state index in [1.165, 1.54) is 0 Å². The lowest BCUT2D eigenvalue weighted by molar-refractivity contribution is -0.155. The highest BCUT2D eigenvalue weighted by atomic mass is 16.5. The van der Waals surface area contributed by atoms with Gasteiger partial charge in [-0.05, 0) is 39.5 Å². The molecule has 1 saturated heterocycles. The maximum atomic E-state index is 12.2. The number of hydrogen-bond donors (Lipinski definition) is 0. The Hall–Kier alpha value is -1.32. The molecule has 4 heteroatoms. The molecule has 0 aromatic rings. The first-order valence-electron chi connectivity index (χ1n) is 7.24. The highest BCUT2D eigenvalue weighted by Gasteiger charge is 2.32. The van der Waals surface area contributed by atoms with Gasteiger partial charge in [0.1, 0.15) is 6.04 Å². The predicted molar refractivity (Wildman–Crippen MR) is 74.7 cm³/mol. The molecule has 0 saturated carbocycles. The summed E-state index contributed by atoms with van der Waals surface area (Å²) in [6.45, 7) is 6.85. The Morgan fingerprint density at radius 3 is 2.68 bits per heavy atom.